The normalized spacial score (nSPS) is 11.2. The Morgan fingerprint density at radius 3 is 1.68 bits per heavy atom. The maximum Gasteiger partial charge on any atom is 0.335 e. The highest BCUT2D eigenvalue weighted by atomic mass is 16.5. The highest BCUT2D eigenvalue weighted by Crippen LogP contribution is 2.30. The Morgan fingerprint density at radius 1 is 0.597 bits per heavy atom. The zero-order valence-electron chi connectivity index (χ0n) is 36.8. The molecule has 0 aliphatic carbocycles. The monoisotopic (exact) mass is 838 g/mol. The van der Waals surface area contributed by atoms with E-state index in [9.17, 15) is 19.5 Å². The molecule has 4 N–H and O–H groups in total. The van der Waals surface area contributed by atoms with Crippen molar-refractivity contribution < 1.29 is 29.0 Å². The second-order valence-electron chi connectivity index (χ2n) is 15.6. The van der Waals surface area contributed by atoms with Crippen LogP contribution in [0.3, 0.4) is 0 Å². The molecular formula is C52H62N4O6. The molecular weight excluding hydrogens is 777 g/mol. The number of nitrogen functional groups attached to an aromatic ring is 1. The number of amides is 1. The number of nitrogens with two attached hydrogens (primary N) is 1. The van der Waals surface area contributed by atoms with Crippen LogP contribution in [0.4, 0.5) is 22.7 Å². The molecule has 0 aromatic heterocycles. The van der Waals surface area contributed by atoms with Gasteiger partial charge in [-0.2, -0.15) is 10.2 Å². The molecule has 0 bridgehead atoms. The summed E-state index contributed by atoms with van der Waals surface area (Å²) in [6.07, 6.45) is 12.0. The number of aryl methyl sites for hydroxylation is 4. The number of hydrogen-bond donors (Lipinski definition) is 3. The molecule has 0 aliphatic heterocycles. The fourth-order valence-corrected chi connectivity index (χ4v) is 7.56. The van der Waals surface area contributed by atoms with E-state index < -0.39 is 17.8 Å². The molecule has 1 amide bonds. The van der Waals surface area contributed by atoms with Crippen LogP contribution in [0.2, 0.25) is 0 Å². The van der Waals surface area contributed by atoms with Gasteiger partial charge in [-0.15, -0.1) is 0 Å². The Labute approximate surface area is 367 Å². The number of anilines is 2. The minimum Gasteiger partial charge on any atom is -0.494 e. The summed E-state index contributed by atoms with van der Waals surface area (Å²) in [7, 11) is 0. The number of hydrogen-bond acceptors (Lipinski definition) is 8. The molecule has 0 heterocycles. The van der Waals surface area contributed by atoms with Crippen molar-refractivity contribution in [2.75, 3.05) is 17.7 Å². The van der Waals surface area contributed by atoms with Crippen LogP contribution in [0.5, 0.6) is 11.5 Å². The molecule has 0 saturated heterocycles. The molecule has 5 aromatic rings. The maximum absolute atomic E-state index is 13.7. The van der Waals surface area contributed by atoms with Crippen LogP contribution in [0, 0.1) is 0 Å². The van der Waals surface area contributed by atoms with Crippen LogP contribution in [0.25, 0.3) is 0 Å². The Kier molecular flexibility index (Phi) is 18.3. The van der Waals surface area contributed by atoms with E-state index in [4.69, 9.17) is 15.2 Å². The zero-order valence-corrected chi connectivity index (χ0v) is 36.8. The average molecular weight is 839 g/mol. The average Bonchev–Trinajstić information content (AvgIpc) is 3.28. The summed E-state index contributed by atoms with van der Waals surface area (Å²) in [6, 6.07) is 29.9. The van der Waals surface area contributed by atoms with E-state index in [0.29, 0.717) is 25.9 Å². The first-order chi connectivity index (χ1) is 30.1. The lowest BCUT2D eigenvalue weighted by molar-refractivity contribution is -0.134. The summed E-state index contributed by atoms with van der Waals surface area (Å²) in [5.41, 5.74) is 16.2. The molecule has 0 atom stereocenters. The second kappa shape index (κ2) is 24.2. The number of carbonyl (C=O) groups excluding carboxylic acids is 2. The van der Waals surface area contributed by atoms with E-state index >= 15 is 0 Å². The van der Waals surface area contributed by atoms with Crippen LogP contribution >= 0.6 is 0 Å². The van der Waals surface area contributed by atoms with Crippen molar-refractivity contribution in [2.45, 2.75) is 118 Å². The summed E-state index contributed by atoms with van der Waals surface area (Å²) < 4.78 is 11.5. The molecule has 5 aromatic carbocycles. The van der Waals surface area contributed by atoms with Crippen molar-refractivity contribution in [2.24, 2.45) is 10.2 Å². The zero-order chi connectivity index (χ0) is 44.3. The van der Waals surface area contributed by atoms with Gasteiger partial charge in [-0.1, -0.05) is 109 Å². The third-order valence-electron chi connectivity index (χ3n) is 11.0. The van der Waals surface area contributed by atoms with Gasteiger partial charge in [-0.25, -0.2) is 4.79 Å². The molecule has 0 spiro atoms. The van der Waals surface area contributed by atoms with Gasteiger partial charge in [-0.3, -0.25) is 9.59 Å². The molecule has 10 nitrogen and oxygen atoms in total. The number of unbranched alkanes of at least 4 members (excludes halogenated alkanes) is 7. The van der Waals surface area contributed by atoms with Crippen LogP contribution in [-0.4, -0.2) is 29.6 Å². The van der Waals surface area contributed by atoms with Gasteiger partial charge in [0.05, 0.1) is 23.5 Å². The van der Waals surface area contributed by atoms with Gasteiger partial charge in [0.25, 0.3) is 5.91 Å². The molecule has 0 radical (unpaired) electrons. The van der Waals surface area contributed by atoms with Crippen molar-refractivity contribution in [3.63, 3.8) is 0 Å². The van der Waals surface area contributed by atoms with Gasteiger partial charge < -0.3 is 25.6 Å². The molecule has 10 heteroatoms. The van der Waals surface area contributed by atoms with E-state index in [2.05, 4.69) is 53.7 Å². The summed E-state index contributed by atoms with van der Waals surface area (Å²) in [5, 5.41) is 21.4. The predicted octanol–water partition coefficient (Wildman–Crippen LogP) is 13.0. The van der Waals surface area contributed by atoms with Gasteiger partial charge >= 0.3 is 11.9 Å². The molecule has 62 heavy (non-hydrogen) atoms. The number of aromatic carboxylic acids is 1. The lowest BCUT2D eigenvalue weighted by Crippen LogP contribution is -2.17. The van der Waals surface area contributed by atoms with Crippen LogP contribution < -0.4 is 20.5 Å². The van der Waals surface area contributed by atoms with Gasteiger partial charge in [0.15, 0.2) is 0 Å². The highest BCUT2D eigenvalue weighted by Gasteiger charge is 2.19. The summed E-state index contributed by atoms with van der Waals surface area (Å²) >= 11 is 0. The van der Waals surface area contributed by atoms with Crippen molar-refractivity contribution in [1.29, 1.82) is 0 Å². The highest BCUT2D eigenvalue weighted by molar-refractivity contribution is 6.07. The van der Waals surface area contributed by atoms with Gasteiger partial charge in [-0.05, 0) is 133 Å². The topological polar surface area (TPSA) is 153 Å². The number of benzene rings is 5. The molecule has 0 saturated carbocycles. The SMILES string of the molecule is CCc1cc(Cc2cc(CC)c(NC(=O)c3cc(OC(=O)CCCCCCCCCCOc4ccc(N=Nc5ccccc5)cc4)cc(C(=O)O)c3)c(CC)c2)cc(CC)c1N. The number of carboxylic acid groups (broad SMARTS) is 1. The smallest absolute Gasteiger partial charge is 0.335 e. The predicted molar refractivity (Wildman–Crippen MR) is 249 cm³/mol. The number of nitrogens with zero attached hydrogens (tertiary/aromatic N) is 2. The maximum atomic E-state index is 13.7. The van der Waals surface area contributed by atoms with E-state index in [1.807, 2.05) is 68.4 Å². The lowest BCUT2D eigenvalue weighted by Gasteiger charge is -2.18. The number of carbonyl (C=O) groups is 3. The van der Waals surface area contributed by atoms with E-state index in [1.54, 1.807) is 0 Å². The number of esters is 1. The number of nitrogens with one attached hydrogen (secondary N) is 1. The standard InChI is InChI=1S/C52H62N4O6/c1-5-38-29-36(30-39(6-2)49(38)53)28-37-31-40(7-3)50(41(8-4)32-37)54-51(58)42-33-43(52(59)60)35-47(34-42)62-48(57)22-18-13-11-9-10-12-14-19-27-61-46-25-23-45(24-26-46)56-55-44-20-16-15-17-21-44/h15-17,20-21,23-26,29-35H,5-14,18-19,22,27-28,53H2,1-4H3,(H,54,58)(H,59,60). The Balaban J connectivity index is 1.04. The minimum absolute atomic E-state index is 0.0366. The summed E-state index contributed by atoms with van der Waals surface area (Å²) in [6.45, 7) is 8.99. The second-order valence-corrected chi connectivity index (χ2v) is 15.6. The Bertz CT molecular complexity index is 2240. The number of rotatable bonds is 24. The lowest BCUT2D eigenvalue weighted by atomic mass is 9.92. The quantitative estimate of drug-likeness (QED) is 0.0184. The Hall–Kier alpha value is -6.29. The number of azo groups is 1. The third-order valence-corrected chi connectivity index (χ3v) is 11.0. The van der Waals surface area contributed by atoms with Crippen LogP contribution in [0.15, 0.2) is 107 Å². The van der Waals surface area contributed by atoms with Crippen molar-refractivity contribution in [3.8, 4) is 11.5 Å². The van der Waals surface area contributed by atoms with Crippen LogP contribution in [-0.2, 0) is 36.9 Å². The fraction of sp³-hybridized carbons (Fsp3) is 0.365. The van der Waals surface area contributed by atoms with Crippen molar-refractivity contribution in [1.82, 2.24) is 0 Å². The van der Waals surface area contributed by atoms with E-state index in [-0.39, 0.29) is 23.3 Å². The Morgan fingerprint density at radius 2 is 1.11 bits per heavy atom. The molecule has 0 unspecified atom stereocenters. The molecule has 5 rings (SSSR count). The first kappa shape index (κ1) is 46.8. The van der Waals surface area contributed by atoms with Crippen molar-refractivity contribution in [3.05, 3.63) is 142 Å². The van der Waals surface area contributed by atoms with E-state index in [0.717, 1.165) is 121 Å². The summed E-state index contributed by atoms with van der Waals surface area (Å²) in [4.78, 5) is 38.6. The first-order valence-corrected chi connectivity index (χ1v) is 22.2. The number of ether oxygens (including phenoxy) is 2. The van der Waals surface area contributed by atoms with E-state index in [1.165, 1.54) is 23.8 Å². The van der Waals surface area contributed by atoms with Crippen LogP contribution in [0.1, 0.15) is 140 Å². The number of carboxylic acids is 1. The van der Waals surface area contributed by atoms with Crippen molar-refractivity contribution >= 4 is 40.6 Å². The molecule has 0 aliphatic rings. The molecule has 0 fully saturated rings. The first-order valence-electron chi connectivity index (χ1n) is 22.2. The minimum atomic E-state index is -1.22. The van der Waals surface area contributed by atoms with Gasteiger partial charge in [0.1, 0.15) is 11.5 Å². The van der Waals surface area contributed by atoms with Gasteiger partial charge in [0, 0.05) is 23.4 Å². The van der Waals surface area contributed by atoms with Gasteiger partial charge in [0.2, 0.25) is 0 Å². The third kappa shape index (κ3) is 14.1. The summed E-state index contributed by atoms with van der Waals surface area (Å²) in [5.74, 6) is -1.29. The largest absolute Gasteiger partial charge is 0.494 e. The fourth-order valence-electron chi connectivity index (χ4n) is 7.56. The molecule has 326 valence electrons.